The van der Waals surface area contributed by atoms with Gasteiger partial charge in [0.1, 0.15) is 6.61 Å². The summed E-state index contributed by atoms with van der Waals surface area (Å²) in [5.74, 6) is -1.11. The molecule has 29 heavy (non-hydrogen) atoms. The Morgan fingerprint density at radius 3 is 2.21 bits per heavy atom. The topological polar surface area (TPSA) is 84.9 Å². The molecule has 0 aromatic heterocycles. The van der Waals surface area contributed by atoms with Crippen LogP contribution in [-0.2, 0) is 14.3 Å². The smallest absolute Gasteiger partial charge is 0.338 e. The summed E-state index contributed by atoms with van der Waals surface area (Å²) < 4.78 is 10.6. The van der Waals surface area contributed by atoms with Gasteiger partial charge in [0, 0.05) is 7.05 Å². The Bertz CT molecular complexity index is 925. The van der Waals surface area contributed by atoms with Gasteiger partial charge in [0.15, 0.2) is 0 Å². The molecule has 2 aromatic carbocycles. The number of carbonyl (C=O) groups excluding carboxylic acids is 3. The highest BCUT2D eigenvalue weighted by Crippen LogP contribution is 2.31. The molecule has 3 rings (SSSR count). The Hall–Kier alpha value is -3.61. The average molecular weight is 394 g/mol. The van der Waals surface area contributed by atoms with Gasteiger partial charge in [-0.2, -0.15) is 0 Å². The number of amides is 2. The lowest BCUT2D eigenvalue weighted by Crippen LogP contribution is -2.48. The van der Waals surface area contributed by atoms with E-state index in [1.54, 1.807) is 37.3 Å². The van der Waals surface area contributed by atoms with Crippen LogP contribution in [0.4, 0.5) is 4.79 Å². The van der Waals surface area contributed by atoms with Crippen LogP contribution >= 0.6 is 0 Å². The molecule has 1 aliphatic rings. The number of nitrogens with zero attached hydrogens (tertiary/aromatic N) is 1. The van der Waals surface area contributed by atoms with Gasteiger partial charge in [-0.25, -0.2) is 14.4 Å². The molecule has 0 saturated carbocycles. The van der Waals surface area contributed by atoms with Gasteiger partial charge in [-0.05, 0) is 24.6 Å². The number of nitrogens with one attached hydrogen (secondary N) is 1. The van der Waals surface area contributed by atoms with Crippen molar-refractivity contribution in [3.05, 3.63) is 83.1 Å². The molecule has 2 aromatic rings. The van der Waals surface area contributed by atoms with Gasteiger partial charge in [0.2, 0.25) is 0 Å². The minimum atomic E-state index is -0.704. The predicted octanol–water partition coefficient (Wildman–Crippen LogP) is 3.06. The van der Waals surface area contributed by atoms with Crippen LogP contribution in [0.25, 0.3) is 0 Å². The molecule has 0 saturated heterocycles. The second kappa shape index (κ2) is 9.05. The van der Waals surface area contributed by atoms with Crippen molar-refractivity contribution in [1.82, 2.24) is 10.2 Å². The summed E-state index contributed by atoms with van der Waals surface area (Å²) >= 11 is 0. The summed E-state index contributed by atoms with van der Waals surface area (Å²) in [7, 11) is 1.52. The van der Waals surface area contributed by atoms with E-state index in [4.69, 9.17) is 9.47 Å². The Morgan fingerprint density at radius 1 is 0.966 bits per heavy atom. The number of esters is 2. The Kier molecular flexibility index (Phi) is 6.29. The number of likely N-dealkylation sites (N-methyl/N-ethyl adjacent to an activating group) is 1. The first-order chi connectivity index (χ1) is 14.0. The Balaban J connectivity index is 1.97. The number of benzene rings is 2. The molecular formula is C22H22N2O5. The van der Waals surface area contributed by atoms with E-state index in [1.807, 2.05) is 30.3 Å². The van der Waals surface area contributed by atoms with Crippen molar-refractivity contribution in [3.63, 3.8) is 0 Å². The molecule has 7 nitrogen and oxygen atoms in total. The highest BCUT2D eigenvalue weighted by Gasteiger charge is 2.37. The average Bonchev–Trinajstić information content (AvgIpc) is 2.75. The van der Waals surface area contributed by atoms with Crippen LogP contribution in [0.15, 0.2) is 71.9 Å². The van der Waals surface area contributed by atoms with E-state index in [9.17, 15) is 14.4 Å². The Morgan fingerprint density at radius 2 is 1.59 bits per heavy atom. The van der Waals surface area contributed by atoms with Crippen LogP contribution in [0.3, 0.4) is 0 Å². The molecule has 7 heteroatoms. The van der Waals surface area contributed by atoms with Crippen molar-refractivity contribution in [2.45, 2.75) is 13.0 Å². The molecule has 1 N–H and O–H groups in total. The fourth-order valence-corrected chi connectivity index (χ4v) is 3.07. The van der Waals surface area contributed by atoms with Crippen molar-refractivity contribution in [2.75, 3.05) is 20.3 Å². The number of ether oxygens (including phenoxy) is 2. The van der Waals surface area contributed by atoms with E-state index >= 15 is 0 Å². The molecule has 0 spiro atoms. The molecule has 0 radical (unpaired) electrons. The third-order valence-electron chi connectivity index (χ3n) is 4.55. The first-order valence-electron chi connectivity index (χ1n) is 9.24. The van der Waals surface area contributed by atoms with Crippen molar-refractivity contribution in [1.29, 1.82) is 0 Å². The molecule has 0 aliphatic carbocycles. The maximum atomic E-state index is 12.8. The summed E-state index contributed by atoms with van der Waals surface area (Å²) in [6, 6.07) is 16.5. The predicted molar refractivity (Wildman–Crippen MR) is 106 cm³/mol. The molecule has 2 amide bonds. The lowest BCUT2D eigenvalue weighted by atomic mass is 9.95. The van der Waals surface area contributed by atoms with Gasteiger partial charge >= 0.3 is 18.0 Å². The second-order valence-corrected chi connectivity index (χ2v) is 6.38. The monoisotopic (exact) mass is 394 g/mol. The van der Waals surface area contributed by atoms with Gasteiger partial charge in [-0.15, -0.1) is 0 Å². The molecule has 1 heterocycles. The number of urea groups is 1. The molecule has 0 bridgehead atoms. The van der Waals surface area contributed by atoms with Crippen LogP contribution in [0.2, 0.25) is 0 Å². The molecule has 1 aliphatic heterocycles. The number of hydrogen-bond donors (Lipinski definition) is 1. The minimum absolute atomic E-state index is 0.179. The maximum Gasteiger partial charge on any atom is 0.338 e. The summed E-state index contributed by atoms with van der Waals surface area (Å²) in [6.45, 7) is 1.64. The van der Waals surface area contributed by atoms with Crippen LogP contribution in [0, 0.1) is 0 Å². The summed E-state index contributed by atoms with van der Waals surface area (Å²) in [6.07, 6.45) is 0. The SMILES string of the molecule is CCOC(=O)C1=C(COC(=O)c2ccccc2)N(C)C(=O)NC1c1ccccc1. The van der Waals surface area contributed by atoms with Gasteiger partial charge in [-0.1, -0.05) is 48.5 Å². The zero-order valence-corrected chi connectivity index (χ0v) is 16.3. The third kappa shape index (κ3) is 4.45. The van der Waals surface area contributed by atoms with Crippen LogP contribution in [0.5, 0.6) is 0 Å². The highest BCUT2D eigenvalue weighted by molar-refractivity contribution is 5.95. The maximum absolute atomic E-state index is 12.8. The number of carbonyl (C=O) groups is 3. The molecule has 150 valence electrons. The van der Waals surface area contributed by atoms with Gasteiger partial charge in [-0.3, -0.25) is 4.90 Å². The number of hydrogen-bond acceptors (Lipinski definition) is 5. The molecular weight excluding hydrogens is 372 g/mol. The van der Waals surface area contributed by atoms with Crippen molar-refractivity contribution in [3.8, 4) is 0 Å². The lowest BCUT2D eigenvalue weighted by molar-refractivity contribution is -0.139. The zero-order valence-electron chi connectivity index (χ0n) is 16.3. The summed E-state index contributed by atoms with van der Waals surface area (Å²) in [4.78, 5) is 38.9. The van der Waals surface area contributed by atoms with Crippen LogP contribution in [0.1, 0.15) is 28.9 Å². The minimum Gasteiger partial charge on any atom is -0.463 e. The van der Waals surface area contributed by atoms with E-state index in [0.29, 0.717) is 5.56 Å². The van der Waals surface area contributed by atoms with Gasteiger partial charge in [0.05, 0.1) is 29.5 Å². The van der Waals surface area contributed by atoms with E-state index in [0.717, 1.165) is 5.56 Å². The molecule has 1 atom stereocenters. The number of rotatable bonds is 6. The largest absolute Gasteiger partial charge is 0.463 e. The van der Waals surface area contributed by atoms with E-state index in [2.05, 4.69) is 5.32 Å². The van der Waals surface area contributed by atoms with Gasteiger partial charge < -0.3 is 14.8 Å². The highest BCUT2D eigenvalue weighted by atomic mass is 16.5. The van der Waals surface area contributed by atoms with Crippen molar-refractivity contribution >= 4 is 18.0 Å². The first kappa shape index (κ1) is 20.1. The zero-order chi connectivity index (χ0) is 20.8. The fourth-order valence-electron chi connectivity index (χ4n) is 3.07. The van der Waals surface area contributed by atoms with E-state index < -0.39 is 24.0 Å². The quantitative estimate of drug-likeness (QED) is 0.761. The fraction of sp³-hybridized carbons (Fsp3) is 0.227. The lowest BCUT2D eigenvalue weighted by Gasteiger charge is -2.34. The van der Waals surface area contributed by atoms with Crippen molar-refractivity contribution in [2.24, 2.45) is 0 Å². The van der Waals surface area contributed by atoms with E-state index in [-0.39, 0.29) is 24.5 Å². The normalized spacial score (nSPS) is 16.3. The Labute approximate surface area is 168 Å². The van der Waals surface area contributed by atoms with E-state index in [1.165, 1.54) is 11.9 Å². The van der Waals surface area contributed by atoms with Crippen LogP contribution < -0.4 is 5.32 Å². The second-order valence-electron chi connectivity index (χ2n) is 6.38. The summed E-state index contributed by atoms with van der Waals surface area (Å²) in [5.41, 5.74) is 1.63. The van der Waals surface area contributed by atoms with Crippen LogP contribution in [-0.4, -0.2) is 43.1 Å². The summed E-state index contributed by atoms with van der Waals surface area (Å²) in [5, 5.41) is 2.81. The third-order valence-corrected chi connectivity index (χ3v) is 4.55. The first-order valence-corrected chi connectivity index (χ1v) is 9.24. The van der Waals surface area contributed by atoms with Crippen molar-refractivity contribution < 1.29 is 23.9 Å². The standard InChI is InChI=1S/C22H22N2O5/c1-3-28-21(26)18-17(14-29-20(25)16-12-8-5-9-13-16)24(2)22(27)23-19(18)15-10-6-4-7-11-15/h4-13,19H,3,14H2,1-2H3,(H,23,27). The van der Waals surface area contributed by atoms with Gasteiger partial charge in [0.25, 0.3) is 0 Å². The molecule has 0 fully saturated rings. The molecule has 1 unspecified atom stereocenters.